The lowest BCUT2D eigenvalue weighted by molar-refractivity contribution is -0.137. The van der Waals surface area contributed by atoms with Gasteiger partial charge in [-0.2, -0.15) is 0 Å². The van der Waals surface area contributed by atoms with Crippen LogP contribution in [0, 0.1) is 0 Å². The summed E-state index contributed by atoms with van der Waals surface area (Å²) in [5, 5.41) is 10.6. The van der Waals surface area contributed by atoms with E-state index in [4.69, 9.17) is 9.84 Å². The number of benzene rings is 1. The summed E-state index contributed by atoms with van der Waals surface area (Å²) in [5.41, 5.74) is 0.842. The Bertz CT molecular complexity index is 451. The van der Waals surface area contributed by atoms with Crippen LogP contribution in [0.1, 0.15) is 18.9 Å². The predicted molar refractivity (Wildman–Crippen MR) is 71.9 cm³/mol. The molecule has 0 aliphatic rings. The highest BCUT2D eigenvalue weighted by Crippen LogP contribution is 2.13. The average molecular weight is 263 g/mol. The highest BCUT2D eigenvalue weighted by atomic mass is 16.5. The van der Waals surface area contributed by atoms with Crippen molar-refractivity contribution in [3.63, 3.8) is 0 Å². The molecular weight excluding hydrogens is 246 g/mol. The summed E-state index contributed by atoms with van der Waals surface area (Å²) in [5.74, 6) is -0.720. The van der Waals surface area contributed by atoms with Crippen LogP contribution in [0.2, 0.25) is 0 Å². The number of rotatable bonds is 7. The fourth-order valence-corrected chi connectivity index (χ4v) is 1.29. The molecule has 0 saturated carbocycles. The molecule has 0 aliphatic carbocycles. The van der Waals surface area contributed by atoms with Crippen molar-refractivity contribution in [2.45, 2.75) is 13.3 Å². The molecule has 1 aromatic rings. The fraction of sp³-hybridized carbons (Fsp3) is 0.286. The largest absolute Gasteiger partial charge is 0.494 e. The molecule has 1 amide bonds. The Balaban J connectivity index is 2.47. The van der Waals surface area contributed by atoms with Crippen LogP contribution >= 0.6 is 0 Å². The molecule has 0 bridgehead atoms. The van der Waals surface area contributed by atoms with E-state index in [0.717, 1.165) is 17.7 Å². The van der Waals surface area contributed by atoms with Crippen LogP contribution in [-0.4, -0.2) is 30.1 Å². The van der Waals surface area contributed by atoms with E-state index in [0.29, 0.717) is 6.61 Å². The fourth-order valence-electron chi connectivity index (χ4n) is 1.29. The second kappa shape index (κ2) is 7.92. The molecule has 0 unspecified atom stereocenters. The third-order valence-corrected chi connectivity index (χ3v) is 2.19. The van der Waals surface area contributed by atoms with Crippen molar-refractivity contribution in [1.82, 2.24) is 5.32 Å². The minimum atomic E-state index is -1.07. The van der Waals surface area contributed by atoms with Gasteiger partial charge in [0.25, 0.3) is 0 Å². The first-order valence-electron chi connectivity index (χ1n) is 6.02. The van der Waals surface area contributed by atoms with Crippen molar-refractivity contribution in [3.8, 4) is 5.75 Å². The summed E-state index contributed by atoms with van der Waals surface area (Å²) < 4.78 is 5.43. The van der Waals surface area contributed by atoms with Gasteiger partial charge < -0.3 is 15.2 Å². The second-order valence-electron chi connectivity index (χ2n) is 3.86. The Kier molecular flexibility index (Phi) is 6.15. The van der Waals surface area contributed by atoms with Crippen LogP contribution in [0.4, 0.5) is 0 Å². The average Bonchev–Trinajstić information content (AvgIpc) is 2.41. The molecule has 5 nitrogen and oxygen atoms in total. The van der Waals surface area contributed by atoms with Gasteiger partial charge in [0.1, 0.15) is 12.3 Å². The number of hydrogen-bond acceptors (Lipinski definition) is 3. The van der Waals surface area contributed by atoms with Crippen molar-refractivity contribution in [1.29, 1.82) is 0 Å². The molecule has 0 heterocycles. The number of nitrogens with one attached hydrogen (secondary N) is 1. The lowest BCUT2D eigenvalue weighted by atomic mass is 10.2. The molecular formula is C14H17NO4. The molecule has 1 rings (SSSR count). The Morgan fingerprint density at radius 3 is 2.58 bits per heavy atom. The number of carbonyl (C=O) groups is 2. The maximum Gasteiger partial charge on any atom is 0.322 e. The van der Waals surface area contributed by atoms with Gasteiger partial charge in [0.05, 0.1) is 6.61 Å². The number of amides is 1. The first-order chi connectivity index (χ1) is 9.11. The van der Waals surface area contributed by atoms with Gasteiger partial charge in [-0.1, -0.05) is 19.1 Å². The minimum Gasteiger partial charge on any atom is -0.494 e. The van der Waals surface area contributed by atoms with Gasteiger partial charge in [0.15, 0.2) is 0 Å². The molecule has 0 radical (unpaired) electrons. The smallest absolute Gasteiger partial charge is 0.322 e. The third kappa shape index (κ3) is 6.26. The zero-order chi connectivity index (χ0) is 14.1. The topological polar surface area (TPSA) is 75.6 Å². The second-order valence-corrected chi connectivity index (χ2v) is 3.86. The van der Waals surface area contributed by atoms with Crippen LogP contribution < -0.4 is 10.1 Å². The number of carboxylic acids is 1. The highest BCUT2D eigenvalue weighted by molar-refractivity contribution is 5.93. The summed E-state index contributed by atoms with van der Waals surface area (Å²) in [6.07, 6.45) is 3.86. The Morgan fingerprint density at radius 1 is 1.32 bits per heavy atom. The van der Waals surface area contributed by atoms with Crippen molar-refractivity contribution in [2.75, 3.05) is 13.2 Å². The Morgan fingerprint density at radius 2 is 2.00 bits per heavy atom. The molecule has 0 saturated heterocycles. The SMILES string of the molecule is CCCOc1ccc(/C=C/C(=O)NCC(=O)O)cc1. The normalized spacial score (nSPS) is 10.4. The van der Waals surface area contributed by atoms with E-state index >= 15 is 0 Å². The number of carbonyl (C=O) groups excluding carboxylic acids is 1. The number of carboxylic acid groups (broad SMARTS) is 1. The molecule has 1 aromatic carbocycles. The maximum atomic E-state index is 11.2. The number of hydrogen-bond donors (Lipinski definition) is 2. The van der Waals surface area contributed by atoms with Gasteiger partial charge in [-0.3, -0.25) is 9.59 Å². The van der Waals surface area contributed by atoms with Crippen molar-refractivity contribution < 1.29 is 19.4 Å². The number of aliphatic carboxylic acids is 1. The van der Waals surface area contributed by atoms with Crippen molar-refractivity contribution in [3.05, 3.63) is 35.9 Å². The first-order valence-corrected chi connectivity index (χ1v) is 6.02. The lowest BCUT2D eigenvalue weighted by Crippen LogP contribution is -2.27. The molecule has 0 fully saturated rings. The van der Waals surface area contributed by atoms with Crippen LogP contribution in [0.25, 0.3) is 6.08 Å². The van der Waals surface area contributed by atoms with Gasteiger partial charge in [-0.15, -0.1) is 0 Å². The summed E-state index contributed by atoms with van der Waals surface area (Å²) in [6, 6.07) is 7.30. The Labute approximate surface area is 111 Å². The quantitative estimate of drug-likeness (QED) is 0.734. The zero-order valence-corrected chi connectivity index (χ0v) is 10.8. The molecule has 0 aromatic heterocycles. The van der Waals surface area contributed by atoms with Crippen molar-refractivity contribution in [2.24, 2.45) is 0 Å². The highest BCUT2D eigenvalue weighted by Gasteiger charge is 1.99. The van der Waals surface area contributed by atoms with Gasteiger partial charge in [0, 0.05) is 6.08 Å². The molecule has 2 N–H and O–H groups in total. The third-order valence-electron chi connectivity index (χ3n) is 2.19. The van der Waals surface area contributed by atoms with E-state index in [1.807, 2.05) is 31.2 Å². The summed E-state index contributed by atoms with van der Waals surface area (Å²) >= 11 is 0. The molecule has 19 heavy (non-hydrogen) atoms. The molecule has 0 spiro atoms. The lowest BCUT2D eigenvalue weighted by Gasteiger charge is -2.04. The van der Waals surface area contributed by atoms with E-state index in [1.54, 1.807) is 6.08 Å². The van der Waals surface area contributed by atoms with Crippen LogP contribution in [0.15, 0.2) is 30.3 Å². The van der Waals surface area contributed by atoms with Gasteiger partial charge >= 0.3 is 5.97 Å². The van der Waals surface area contributed by atoms with E-state index < -0.39 is 11.9 Å². The standard InChI is InChI=1S/C14H17NO4/c1-2-9-19-12-6-3-11(4-7-12)5-8-13(16)15-10-14(17)18/h3-8H,2,9-10H2,1H3,(H,15,16)(H,17,18)/b8-5+. The van der Waals surface area contributed by atoms with E-state index in [-0.39, 0.29) is 6.54 Å². The van der Waals surface area contributed by atoms with E-state index in [1.165, 1.54) is 6.08 Å². The van der Waals surface area contributed by atoms with Gasteiger partial charge in [-0.25, -0.2) is 0 Å². The first kappa shape index (κ1) is 14.8. The molecule has 102 valence electrons. The summed E-state index contributed by atoms with van der Waals surface area (Å²) in [4.78, 5) is 21.5. The molecule has 5 heteroatoms. The van der Waals surface area contributed by atoms with Crippen molar-refractivity contribution >= 4 is 18.0 Å². The van der Waals surface area contributed by atoms with Gasteiger partial charge in [0.2, 0.25) is 5.91 Å². The maximum absolute atomic E-state index is 11.2. The predicted octanol–water partition coefficient (Wildman–Crippen LogP) is 1.69. The Hall–Kier alpha value is -2.30. The molecule has 0 atom stereocenters. The summed E-state index contributed by atoms with van der Waals surface area (Å²) in [6.45, 7) is 2.33. The van der Waals surface area contributed by atoms with E-state index in [9.17, 15) is 9.59 Å². The molecule has 0 aliphatic heterocycles. The van der Waals surface area contributed by atoms with Crippen LogP contribution in [0.5, 0.6) is 5.75 Å². The minimum absolute atomic E-state index is 0.382. The van der Waals surface area contributed by atoms with Gasteiger partial charge in [-0.05, 0) is 30.2 Å². The van der Waals surface area contributed by atoms with Crippen LogP contribution in [0.3, 0.4) is 0 Å². The zero-order valence-electron chi connectivity index (χ0n) is 10.8. The van der Waals surface area contributed by atoms with E-state index in [2.05, 4.69) is 5.32 Å². The monoisotopic (exact) mass is 263 g/mol. The van der Waals surface area contributed by atoms with Crippen LogP contribution in [-0.2, 0) is 9.59 Å². The summed E-state index contributed by atoms with van der Waals surface area (Å²) in [7, 11) is 0. The number of ether oxygens (including phenoxy) is 1.